The summed E-state index contributed by atoms with van der Waals surface area (Å²) in [5, 5.41) is 4.31. The molecule has 2 heterocycles. The fraction of sp³-hybridized carbons (Fsp3) is 0.600. The normalized spacial score (nSPS) is 22.7. The number of rotatable bonds is 1. The largest absolute Gasteiger partial charge is 0.371 e. The van der Waals surface area contributed by atoms with Crippen LogP contribution in [0.4, 0.5) is 0 Å². The summed E-state index contributed by atoms with van der Waals surface area (Å²) in [5.74, 6) is 0.268. The van der Waals surface area contributed by atoms with Crippen molar-refractivity contribution < 1.29 is 9.53 Å². The minimum atomic E-state index is -0.129. The van der Waals surface area contributed by atoms with Crippen LogP contribution in [0.3, 0.4) is 0 Å². The first kappa shape index (κ1) is 9.40. The van der Waals surface area contributed by atoms with Gasteiger partial charge in [0.15, 0.2) is 0 Å². The van der Waals surface area contributed by atoms with Gasteiger partial charge in [-0.15, -0.1) is 0 Å². The van der Waals surface area contributed by atoms with Crippen LogP contribution in [0.2, 0.25) is 0 Å². The van der Waals surface area contributed by atoms with Gasteiger partial charge in [0.2, 0.25) is 0 Å². The molecule has 0 aliphatic carbocycles. The van der Waals surface area contributed by atoms with E-state index in [2.05, 4.69) is 5.10 Å². The number of Topliss-reactive ketones (excluding diaryl/α,β-unsaturated/α-hetero) is 1. The highest BCUT2D eigenvalue weighted by molar-refractivity contribution is 5.79. The molecule has 1 aromatic heterocycles. The summed E-state index contributed by atoms with van der Waals surface area (Å²) < 4.78 is 7.31. The molecule has 76 valence electrons. The molecular formula is C10H14N2O2. The van der Waals surface area contributed by atoms with Gasteiger partial charge in [-0.05, 0) is 13.0 Å². The second kappa shape index (κ2) is 3.53. The van der Waals surface area contributed by atoms with Crippen molar-refractivity contribution >= 4 is 5.78 Å². The van der Waals surface area contributed by atoms with Gasteiger partial charge in [-0.3, -0.25) is 9.48 Å². The van der Waals surface area contributed by atoms with Gasteiger partial charge in [0.25, 0.3) is 0 Å². The Morgan fingerprint density at radius 3 is 3.00 bits per heavy atom. The number of aryl methyl sites for hydroxylation is 2. The minimum absolute atomic E-state index is 0.129. The molecular weight excluding hydrogens is 180 g/mol. The summed E-state index contributed by atoms with van der Waals surface area (Å²) in [6, 6.07) is 1.98. The van der Waals surface area contributed by atoms with Gasteiger partial charge in [-0.2, -0.15) is 5.10 Å². The van der Waals surface area contributed by atoms with E-state index in [1.807, 2.05) is 20.0 Å². The smallest absolute Gasteiger partial charge is 0.138 e. The lowest BCUT2D eigenvalue weighted by Crippen LogP contribution is -2.19. The lowest BCUT2D eigenvalue weighted by molar-refractivity contribution is -0.128. The molecule has 0 bridgehead atoms. The maximum Gasteiger partial charge on any atom is 0.138 e. The highest BCUT2D eigenvalue weighted by Gasteiger charge is 2.23. The Labute approximate surface area is 82.9 Å². The Morgan fingerprint density at radius 1 is 1.64 bits per heavy atom. The maximum atomic E-state index is 11.2. The molecule has 2 rings (SSSR count). The van der Waals surface area contributed by atoms with Crippen molar-refractivity contribution in [2.45, 2.75) is 25.9 Å². The molecule has 1 aliphatic rings. The molecule has 1 atom stereocenters. The fourth-order valence-electron chi connectivity index (χ4n) is 1.62. The summed E-state index contributed by atoms with van der Waals surface area (Å²) in [6.07, 6.45) is 0.884. The van der Waals surface area contributed by atoms with E-state index in [-0.39, 0.29) is 11.9 Å². The molecule has 4 heteroatoms. The molecule has 1 aromatic rings. The molecule has 0 amide bonds. The van der Waals surface area contributed by atoms with E-state index in [1.54, 1.807) is 4.68 Å². The topological polar surface area (TPSA) is 44.1 Å². The first-order valence-corrected chi connectivity index (χ1v) is 4.80. The molecule has 1 unspecified atom stereocenters. The SMILES string of the molecule is Cc1cc(C2CC(=O)CCO2)nn1C. The molecule has 14 heavy (non-hydrogen) atoms. The fourth-order valence-corrected chi connectivity index (χ4v) is 1.62. The summed E-state index contributed by atoms with van der Waals surface area (Å²) in [4.78, 5) is 11.2. The van der Waals surface area contributed by atoms with Gasteiger partial charge < -0.3 is 4.74 Å². The van der Waals surface area contributed by atoms with Crippen molar-refractivity contribution in [2.24, 2.45) is 7.05 Å². The van der Waals surface area contributed by atoms with Crippen LogP contribution in [-0.2, 0) is 16.6 Å². The average Bonchev–Trinajstić information content (AvgIpc) is 2.47. The van der Waals surface area contributed by atoms with Crippen molar-refractivity contribution in [1.29, 1.82) is 0 Å². The van der Waals surface area contributed by atoms with Crippen LogP contribution >= 0.6 is 0 Å². The van der Waals surface area contributed by atoms with Gasteiger partial charge in [-0.25, -0.2) is 0 Å². The Bertz CT molecular complexity index is 338. The molecule has 1 aliphatic heterocycles. The van der Waals surface area contributed by atoms with Crippen LogP contribution in [0.5, 0.6) is 0 Å². The summed E-state index contributed by atoms with van der Waals surface area (Å²) in [5.41, 5.74) is 1.96. The number of hydrogen-bond donors (Lipinski definition) is 0. The molecule has 0 N–H and O–H groups in total. The Kier molecular flexibility index (Phi) is 2.37. The van der Waals surface area contributed by atoms with Crippen molar-refractivity contribution in [3.05, 3.63) is 17.5 Å². The van der Waals surface area contributed by atoms with E-state index in [0.717, 1.165) is 11.4 Å². The summed E-state index contributed by atoms with van der Waals surface area (Å²) >= 11 is 0. The number of aromatic nitrogens is 2. The van der Waals surface area contributed by atoms with Crippen LogP contribution < -0.4 is 0 Å². The third kappa shape index (κ3) is 1.70. The maximum absolute atomic E-state index is 11.2. The predicted molar refractivity (Wildman–Crippen MR) is 50.9 cm³/mol. The number of nitrogens with zero attached hydrogens (tertiary/aromatic N) is 2. The number of carbonyl (C=O) groups is 1. The van der Waals surface area contributed by atoms with E-state index >= 15 is 0 Å². The molecule has 1 saturated heterocycles. The van der Waals surface area contributed by atoms with E-state index < -0.39 is 0 Å². The number of hydrogen-bond acceptors (Lipinski definition) is 3. The van der Waals surface area contributed by atoms with E-state index in [9.17, 15) is 4.79 Å². The molecule has 0 spiro atoms. The Hall–Kier alpha value is -1.16. The van der Waals surface area contributed by atoms with Crippen molar-refractivity contribution in [3.63, 3.8) is 0 Å². The van der Waals surface area contributed by atoms with Gasteiger partial charge in [0, 0.05) is 25.6 Å². The third-order valence-corrected chi connectivity index (χ3v) is 2.58. The lowest BCUT2D eigenvalue weighted by Gasteiger charge is -2.19. The first-order chi connectivity index (χ1) is 6.66. The van der Waals surface area contributed by atoms with Crippen LogP contribution in [0, 0.1) is 6.92 Å². The third-order valence-electron chi connectivity index (χ3n) is 2.58. The highest BCUT2D eigenvalue weighted by atomic mass is 16.5. The zero-order chi connectivity index (χ0) is 10.1. The molecule has 0 saturated carbocycles. The van der Waals surface area contributed by atoms with Gasteiger partial charge >= 0.3 is 0 Å². The van der Waals surface area contributed by atoms with E-state index in [1.165, 1.54) is 0 Å². The van der Waals surface area contributed by atoms with E-state index in [4.69, 9.17) is 4.74 Å². The minimum Gasteiger partial charge on any atom is -0.371 e. The van der Waals surface area contributed by atoms with Crippen molar-refractivity contribution in [3.8, 4) is 0 Å². The monoisotopic (exact) mass is 194 g/mol. The van der Waals surface area contributed by atoms with Crippen molar-refractivity contribution in [1.82, 2.24) is 9.78 Å². The summed E-state index contributed by atoms with van der Waals surface area (Å²) in [6.45, 7) is 2.51. The van der Waals surface area contributed by atoms with Crippen LogP contribution in [0.25, 0.3) is 0 Å². The second-order valence-electron chi connectivity index (χ2n) is 3.69. The number of carbonyl (C=O) groups excluding carboxylic acids is 1. The van der Waals surface area contributed by atoms with Crippen molar-refractivity contribution in [2.75, 3.05) is 6.61 Å². The second-order valence-corrected chi connectivity index (χ2v) is 3.69. The molecule has 0 aromatic carbocycles. The van der Waals surface area contributed by atoms with Crippen LogP contribution in [-0.4, -0.2) is 22.2 Å². The highest BCUT2D eigenvalue weighted by Crippen LogP contribution is 2.25. The standard InChI is InChI=1S/C10H14N2O2/c1-7-5-9(11-12(7)2)10-6-8(13)3-4-14-10/h5,10H,3-4,6H2,1-2H3. The predicted octanol–water partition coefficient (Wildman–Crippen LogP) is 1.15. The quantitative estimate of drug-likeness (QED) is 0.673. The zero-order valence-corrected chi connectivity index (χ0v) is 8.49. The Morgan fingerprint density at radius 2 is 2.43 bits per heavy atom. The molecule has 1 fully saturated rings. The molecule has 0 radical (unpaired) electrons. The summed E-state index contributed by atoms with van der Waals surface area (Å²) in [7, 11) is 1.89. The molecule has 4 nitrogen and oxygen atoms in total. The average molecular weight is 194 g/mol. The lowest BCUT2D eigenvalue weighted by atomic mass is 10.1. The van der Waals surface area contributed by atoms with Gasteiger partial charge in [0.05, 0.1) is 12.3 Å². The van der Waals surface area contributed by atoms with E-state index in [0.29, 0.717) is 19.4 Å². The number of ketones is 1. The zero-order valence-electron chi connectivity index (χ0n) is 8.49. The van der Waals surface area contributed by atoms with Gasteiger partial charge in [0.1, 0.15) is 11.9 Å². The van der Waals surface area contributed by atoms with Gasteiger partial charge in [-0.1, -0.05) is 0 Å². The van der Waals surface area contributed by atoms with Crippen LogP contribution in [0.15, 0.2) is 6.07 Å². The first-order valence-electron chi connectivity index (χ1n) is 4.80. The number of ether oxygens (including phenoxy) is 1. The van der Waals surface area contributed by atoms with Crippen LogP contribution in [0.1, 0.15) is 30.3 Å². The Balaban J connectivity index is 2.17.